The number of aromatic carboxylic acids is 1. The third-order valence-electron chi connectivity index (χ3n) is 2.38. The van der Waals surface area contributed by atoms with Crippen molar-refractivity contribution >= 4 is 33.7 Å². The molecule has 1 N–H and O–H groups in total. The summed E-state index contributed by atoms with van der Waals surface area (Å²) >= 11 is 4.71. The molecule has 0 atom stereocenters. The average molecular weight is 334 g/mol. The second kappa shape index (κ2) is 5.91. The Balaban J connectivity index is 2.37. The molecule has 0 fully saturated rings. The topological polar surface area (TPSA) is 61.1 Å². The van der Waals surface area contributed by atoms with Crippen molar-refractivity contribution in [3.05, 3.63) is 58.1 Å². The number of hydrogen-bond donors (Lipinski definition) is 1. The van der Waals surface area contributed by atoms with Crippen LogP contribution in [0.1, 0.15) is 15.9 Å². The molecule has 0 amide bonds. The molecule has 0 radical (unpaired) electrons. The Morgan fingerprint density at radius 2 is 1.89 bits per heavy atom. The van der Waals surface area contributed by atoms with E-state index in [0.29, 0.717) is 10.5 Å². The Labute approximate surface area is 123 Å². The summed E-state index contributed by atoms with van der Waals surface area (Å²) < 4.78 is 0.968. The van der Waals surface area contributed by atoms with Gasteiger partial charge >= 0.3 is 5.97 Å². The molecule has 19 heavy (non-hydrogen) atoms. The van der Waals surface area contributed by atoms with Gasteiger partial charge in [0.05, 0.1) is 17.2 Å². The van der Waals surface area contributed by atoms with Crippen LogP contribution in [-0.4, -0.2) is 11.1 Å². The first-order chi connectivity index (χ1) is 9.10. The Hall–Kier alpha value is -1.77. The smallest absolute Gasteiger partial charge is 0.336 e. The van der Waals surface area contributed by atoms with E-state index in [2.05, 4.69) is 15.9 Å². The van der Waals surface area contributed by atoms with Crippen LogP contribution >= 0.6 is 27.7 Å². The molecule has 2 rings (SSSR count). The molecule has 0 heterocycles. The highest BCUT2D eigenvalue weighted by atomic mass is 79.9. The van der Waals surface area contributed by atoms with Crippen LogP contribution in [0.3, 0.4) is 0 Å². The summed E-state index contributed by atoms with van der Waals surface area (Å²) in [6, 6.07) is 14.2. The molecule has 2 aromatic rings. The normalized spacial score (nSPS) is 9.89. The van der Waals surface area contributed by atoms with Crippen LogP contribution in [0.15, 0.2) is 56.7 Å². The first-order valence-electron chi connectivity index (χ1n) is 5.31. The van der Waals surface area contributed by atoms with Crippen LogP contribution in [0.4, 0.5) is 0 Å². The number of benzene rings is 2. The van der Waals surface area contributed by atoms with Gasteiger partial charge in [-0.3, -0.25) is 0 Å². The molecule has 3 nitrogen and oxygen atoms in total. The molecular formula is C14H8BrNO2S. The lowest BCUT2D eigenvalue weighted by molar-refractivity contribution is 0.0693. The van der Waals surface area contributed by atoms with Crippen LogP contribution in [0.2, 0.25) is 0 Å². The SMILES string of the molecule is N#Cc1ccc(Sc2ccc(Br)cc2)c(C(=O)O)c1. The molecule has 0 spiro atoms. The van der Waals surface area contributed by atoms with Crippen molar-refractivity contribution in [2.45, 2.75) is 9.79 Å². The minimum atomic E-state index is -1.03. The zero-order valence-corrected chi connectivity index (χ0v) is 12.0. The third kappa shape index (κ3) is 3.37. The summed E-state index contributed by atoms with van der Waals surface area (Å²) in [6.07, 6.45) is 0. The van der Waals surface area contributed by atoms with E-state index in [1.807, 2.05) is 30.3 Å². The average Bonchev–Trinajstić information content (AvgIpc) is 2.41. The number of nitriles is 1. The molecule has 0 saturated heterocycles. The van der Waals surface area contributed by atoms with Crippen molar-refractivity contribution in [3.8, 4) is 6.07 Å². The van der Waals surface area contributed by atoms with Gasteiger partial charge in [0.1, 0.15) is 0 Å². The zero-order valence-electron chi connectivity index (χ0n) is 9.63. The Morgan fingerprint density at radius 1 is 1.21 bits per heavy atom. The van der Waals surface area contributed by atoms with Gasteiger partial charge in [0.25, 0.3) is 0 Å². The predicted molar refractivity (Wildman–Crippen MR) is 76.4 cm³/mol. The van der Waals surface area contributed by atoms with Crippen molar-refractivity contribution < 1.29 is 9.90 Å². The highest BCUT2D eigenvalue weighted by molar-refractivity contribution is 9.10. The number of hydrogen-bond acceptors (Lipinski definition) is 3. The van der Waals surface area contributed by atoms with Crippen LogP contribution in [0.25, 0.3) is 0 Å². The fourth-order valence-electron chi connectivity index (χ4n) is 1.49. The number of carboxylic acid groups (broad SMARTS) is 1. The largest absolute Gasteiger partial charge is 0.478 e. The van der Waals surface area contributed by atoms with Gasteiger partial charge in [-0.15, -0.1) is 0 Å². The van der Waals surface area contributed by atoms with E-state index < -0.39 is 5.97 Å². The molecule has 5 heteroatoms. The van der Waals surface area contributed by atoms with Gasteiger partial charge in [0, 0.05) is 14.3 Å². The zero-order chi connectivity index (χ0) is 13.8. The van der Waals surface area contributed by atoms with Gasteiger partial charge in [0.15, 0.2) is 0 Å². The van der Waals surface area contributed by atoms with Crippen LogP contribution < -0.4 is 0 Å². The number of rotatable bonds is 3. The Morgan fingerprint density at radius 3 is 2.47 bits per heavy atom. The molecule has 94 valence electrons. The van der Waals surface area contributed by atoms with Gasteiger partial charge in [-0.2, -0.15) is 5.26 Å². The first kappa shape index (κ1) is 13.7. The standard InChI is InChI=1S/C14H8BrNO2S/c15-10-2-4-11(5-3-10)19-13-6-1-9(8-16)7-12(13)14(17)18/h1-7H,(H,17,18). The molecule has 0 unspecified atom stereocenters. The summed E-state index contributed by atoms with van der Waals surface area (Å²) in [7, 11) is 0. The number of nitrogens with zero attached hydrogens (tertiary/aromatic N) is 1. The van der Waals surface area contributed by atoms with Crippen LogP contribution in [0, 0.1) is 11.3 Å². The van der Waals surface area contributed by atoms with Crippen molar-refractivity contribution in [2.75, 3.05) is 0 Å². The van der Waals surface area contributed by atoms with Gasteiger partial charge in [-0.05, 0) is 42.5 Å². The van der Waals surface area contributed by atoms with Gasteiger partial charge < -0.3 is 5.11 Å². The minimum Gasteiger partial charge on any atom is -0.478 e. The molecule has 0 aliphatic carbocycles. The van der Waals surface area contributed by atoms with E-state index in [9.17, 15) is 9.90 Å². The van der Waals surface area contributed by atoms with Crippen molar-refractivity contribution in [1.82, 2.24) is 0 Å². The summed E-state index contributed by atoms with van der Waals surface area (Å²) in [5.41, 5.74) is 0.490. The second-order valence-corrected chi connectivity index (χ2v) is 5.71. The molecule has 2 aromatic carbocycles. The monoisotopic (exact) mass is 333 g/mol. The van der Waals surface area contributed by atoms with Gasteiger partial charge in [-0.25, -0.2) is 4.79 Å². The van der Waals surface area contributed by atoms with E-state index >= 15 is 0 Å². The van der Waals surface area contributed by atoms with Crippen LogP contribution in [-0.2, 0) is 0 Å². The fourth-order valence-corrected chi connectivity index (χ4v) is 2.67. The number of carboxylic acids is 1. The first-order valence-corrected chi connectivity index (χ1v) is 6.92. The van der Waals surface area contributed by atoms with E-state index in [-0.39, 0.29) is 5.56 Å². The van der Waals surface area contributed by atoms with E-state index in [4.69, 9.17) is 5.26 Å². The summed E-state index contributed by atoms with van der Waals surface area (Å²) in [5.74, 6) is -1.03. The number of carbonyl (C=O) groups is 1. The summed E-state index contributed by atoms with van der Waals surface area (Å²) in [6.45, 7) is 0. The predicted octanol–water partition coefficient (Wildman–Crippen LogP) is 4.17. The third-order valence-corrected chi connectivity index (χ3v) is 3.99. The fraction of sp³-hybridized carbons (Fsp3) is 0. The maximum absolute atomic E-state index is 11.2. The maximum Gasteiger partial charge on any atom is 0.336 e. The Kier molecular flexibility index (Phi) is 4.25. The minimum absolute atomic E-state index is 0.145. The molecule has 0 aliphatic rings. The van der Waals surface area contributed by atoms with Crippen molar-refractivity contribution in [2.24, 2.45) is 0 Å². The van der Waals surface area contributed by atoms with Gasteiger partial charge in [0.2, 0.25) is 0 Å². The van der Waals surface area contributed by atoms with E-state index in [1.165, 1.54) is 17.8 Å². The summed E-state index contributed by atoms with van der Waals surface area (Å²) in [5, 5.41) is 18.0. The van der Waals surface area contributed by atoms with Crippen LogP contribution in [0.5, 0.6) is 0 Å². The highest BCUT2D eigenvalue weighted by Gasteiger charge is 2.12. The molecule has 0 aliphatic heterocycles. The molecular weight excluding hydrogens is 326 g/mol. The number of halogens is 1. The lowest BCUT2D eigenvalue weighted by Crippen LogP contribution is -1.99. The summed E-state index contributed by atoms with van der Waals surface area (Å²) in [4.78, 5) is 12.8. The van der Waals surface area contributed by atoms with Crippen molar-refractivity contribution in [3.63, 3.8) is 0 Å². The lowest BCUT2D eigenvalue weighted by atomic mass is 10.1. The molecule has 0 aromatic heterocycles. The highest BCUT2D eigenvalue weighted by Crippen LogP contribution is 2.31. The quantitative estimate of drug-likeness (QED) is 0.915. The molecule has 0 bridgehead atoms. The maximum atomic E-state index is 11.2. The second-order valence-electron chi connectivity index (χ2n) is 3.68. The van der Waals surface area contributed by atoms with E-state index in [0.717, 1.165) is 9.37 Å². The Bertz CT molecular complexity index is 662. The lowest BCUT2D eigenvalue weighted by Gasteiger charge is -2.06. The molecule has 0 saturated carbocycles. The van der Waals surface area contributed by atoms with Crippen molar-refractivity contribution in [1.29, 1.82) is 5.26 Å². The van der Waals surface area contributed by atoms with E-state index in [1.54, 1.807) is 12.1 Å². The van der Waals surface area contributed by atoms with Gasteiger partial charge in [-0.1, -0.05) is 27.7 Å².